The summed E-state index contributed by atoms with van der Waals surface area (Å²) in [4.78, 5) is 39.4. The highest BCUT2D eigenvalue weighted by Crippen LogP contribution is 2.27. The third-order valence-corrected chi connectivity index (χ3v) is 4.76. The van der Waals surface area contributed by atoms with E-state index in [1.54, 1.807) is 19.1 Å². The molecule has 0 fully saturated rings. The smallest absolute Gasteiger partial charge is 0.328 e. The first-order chi connectivity index (χ1) is 13.1. The van der Waals surface area contributed by atoms with Crippen LogP contribution in [0.5, 0.6) is 5.75 Å². The molecule has 1 unspecified atom stereocenters. The predicted octanol–water partition coefficient (Wildman–Crippen LogP) is 1.44. The molecule has 0 spiro atoms. The molecule has 0 saturated carbocycles. The van der Waals surface area contributed by atoms with Crippen LogP contribution in [0.3, 0.4) is 0 Å². The fraction of sp³-hybridized carbons (Fsp3) is 0.250. The number of amides is 1. The van der Waals surface area contributed by atoms with E-state index < -0.39 is 5.69 Å². The number of hydrogen-bond acceptors (Lipinski definition) is 4. The van der Waals surface area contributed by atoms with Gasteiger partial charge in [0.15, 0.2) is 0 Å². The average Bonchev–Trinajstić information content (AvgIpc) is 3.09. The highest BCUT2D eigenvalue weighted by Gasteiger charge is 2.23. The number of benzene rings is 2. The van der Waals surface area contributed by atoms with Crippen LogP contribution in [0.2, 0.25) is 0 Å². The van der Waals surface area contributed by atoms with E-state index >= 15 is 0 Å². The summed E-state index contributed by atoms with van der Waals surface area (Å²) in [5, 5.41) is 3.23. The van der Waals surface area contributed by atoms with Crippen LogP contribution in [0.15, 0.2) is 52.1 Å². The van der Waals surface area contributed by atoms with Gasteiger partial charge in [-0.15, -0.1) is 0 Å². The molecule has 2 aromatic carbocycles. The Morgan fingerprint density at radius 1 is 1.26 bits per heavy atom. The molecule has 0 saturated heterocycles. The van der Waals surface area contributed by atoms with Crippen LogP contribution in [-0.2, 0) is 13.0 Å². The average molecular weight is 365 g/mol. The zero-order valence-corrected chi connectivity index (χ0v) is 14.8. The van der Waals surface area contributed by atoms with Gasteiger partial charge in [0.1, 0.15) is 11.9 Å². The number of fused-ring (bicyclic) bond motifs is 2. The summed E-state index contributed by atoms with van der Waals surface area (Å²) in [5.41, 5.74) is 1.02. The highest BCUT2D eigenvalue weighted by molar-refractivity contribution is 5.97. The van der Waals surface area contributed by atoms with E-state index in [0.717, 1.165) is 22.3 Å². The zero-order chi connectivity index (χ0) is 19.0. The van der Waals surface area contributed by atoms with Gasteiger partial charge in [-0.1, -0.05) is 18.2 Å². The molecule has 2 N–H and O–H groups in total. The number of nitrogens with one attached hydrogen (secondary N) is 2. The second-order valence-corrected chi connectivity index (χ2v) is 6.50. The van der Waals surface area contributed by atoms with Gasteiger partial charge < -0.3 is 15.0 Å². The molecule has 138 valence electrons. The van der Waals surface area contributed by atoms with Gasteiger partial charge in [-0.25, -0.2) is 4.79 Å². The van der Waals surface area contributed by atoms with Crippen molar-refractivity contribution < 1.29 is 9.53 Å². The molecule has 1 atom stereocenters. The van der Waals surface area contributed by atoms with Crippen LogP contribution in [0.25, 0.3) is 10.9 Å². The molecule has 1 aliphatic heterocycles. The van der Waals surface area contributed by atoms with E-state index in [4.69, 9.17) is 4.74 Å². The van der Waals surface area contributed by atoms with Crippen LogP contribution in [0, 0.1) is 0 Å². The van der Waals surface area contributed by atoms with Crippen LogP contribution in [0.4, 0.5) is 0 Å². The molecule has 27 heavy (non-hydrogen) atoms. The van der Waals surface area contributed by atoms with Crippen molar-refractivity contribution in [3.8, 4) is 5.75 Å². The minimum Gasteiger partial charge on any atom is -0.488 e. The SMILES string of the molecule is CCn1c(=O)[nH]c2cc(C(=O)NCC3Cc4ccccc4O3)ccc2c1=O. The fourth-order valence-corrected chi connectivity index (χ4v) is 3.36. The predicted molar refractivity (Wildman–Crippen MR) is 101 cm³/mol. The van der Waals surface area contributed by atoms with Crippen molar-refractivity contribution in [1.82, 2.24) is 14.9 Å². The second-order valence-electron chi connectivity index (χ2n) is 6.50. The molecular weight excluding hydrogens is 346 g/mol. The number of rotatable bonds is 4. The number of hydrogen-bond donors (Lipinski definition) is 2. The summed E-state index contributed by atoms with van der Waals surface area (Å²) in [7, 11) is 0. The normalized spacial score (nSPS) is 15.4. The first-order valence-electron chi connectivity index (χ1n) is 8.86. The quantitative estimate of drug-likeness (QED) is 0.732. The van der Waals surface area contributed by atoms with E-state index in [1.165, 1.54) is 6.07 Å². The summed E-state index contributed by atoms with van der Waals surface area (Å²) >= 11 is 0. The summed E-state index contributed by atoms with van der Waals surface area (Å²) in [6, 6.07) is 12.5. The zero-order valence-electron chi connectivity index (χ0n) is 14.8. The van der Waals surface area contributed by atoms with Crippen molar-refractivity contribution in [2.75, 3.05) is 6.54 Å². The molecule has 7 heteroatoms. The molecule has 0 bridgehead atoms. The number of aromatic nitrogens is 2. The number of para-hydroxylation sites is 1. The molecule has 3 aromatic rings. The van der Waals surface area contributed by atoms with Crippen molar-refractivity contribution in [2.45, 2.75) is 26.0 Å². The Hall–Kier alpha value is -3.35. The standard InChI is InChI=1S/C20H19N3O4/c1-2-23-19(25)15-8-7-13(10-16(15)22-20(23)26)18(24)21-11-14-9-12-5-3-4-6-17(12)27-14/h3-8,10,14H,2,9,11H2,1H3,(H,21,24)(H,22,26). The number of carbonyl (C=O) groups is 1. The third kappa shape index (κ3) is 3.12. The number of ether oxygens (including phenoxy) is 1. The first-order valence-corrected chi connectivity index (χ1v) is 8.86. The lowest BCUT2D eigenvalue weighted by molar-refractivity contribution is 0.0933. The molecule has 1 aliphatic rings. The van der Waals surface area contributed by atoms with Crippen molar-refractivity contribution in [3.63, 3.8) is 0 Å². The van der Waals surface area contributed by atoms with Gasteiger partial charge in [-0.05, 0) is 36.8 Å². The van der Waals surface area contributed by atoms with Crippen molar-refractivity contribution in [1.29, 1.82) is 0 Å². The van der Waals surface area contributed by atoms with Crippen LogP contribution in [-0.4, -0.2) is 28.1 Å². The molecule has 2 heterocycles. The van der Waals surface area contributed by atoms with Gasteiger partial charge in [-0.2, -0.15) is 0 Å². The van der Waals surface area contributed by atoms with E-state index in [9.17, 15) is 14.4 Å². The maximum Gasteiger partial charge on any atom is 0.328 e. The van der Waals surface area contributed by atoms with Gasteiger partial charge in [0.2, 0.25) is 0 Å². The Morgan fingerprint density at radius 2 is 2.07 bits per heavy atom. The highest BCUT2D eigenvalue weighted by atomic mass is 16.5. The van der Waals surface area contributed by atoms with E-state index in [-0.39, 0.29) is 24.1 Å². The van der Waals surface area contributed by atoms with Crippen molar-refractivity contribution in [2.24, 2.45) is 0 Å². The minimum absolute atomic E-state index is 0.108. The molecule has 7 nitrogen and oxygen atoms in total. The third-order valence-electron chi connectivity index (χ3n) is 4.76. The number of aromatic amines is 1. The maximum absolute atomic E-state index is 12.5. The minimum atomic E-state index is -0.482. The summed E-state index contributed by atoms with van der Waals surface area (Å²) in [5.74, 6) is 0.573. The van der Waals surface area contributed by atoms with Crippen molar-refractivity contribution >= 4 is 16.8 Å². The van der Waals surface area contributed by atoms with E-state index in [0.29, 0.717) is 23.0 Å². The fourth-order valence-electron chi connectivity index (χ4n) is 3.36. The largest absolute Gasteiger partial charge is 0.488 e. The van der Waals surface area contributed by atoms with Crippen LogP contribution >= 0.6 is 0 Å². The number of nitrogens with zero attached hydrogens (tertiary/aromatic N) is 1. The lowest BCUT2D eigenvalue weighted by atomic mass is 10.1. The van der Waals surface area contributed by atoms with E-state index in [2.05, 4.69) is 10.3 Å². The van der Waals surface area contributed by atoms with E-state index in [1.807, 2.05) is 24.3 Å². The lowest BCUT2D eigenvalue weighted by Crippen LogP contribution is -2.35. The van der Waals surface area contributed by atoms with Gasteiger partial charge in [0.25, 0.3) is 11.5 Å². The molecule has 1 aromatic heterocycles. The molecule has 0 radical (unpaired) electrons. The Labute approximate surface area is 154 Å². The second kappa shape index (κ2) is 6.75. The topological polar surface area (TPSA) is 93.2 Å². The maximum atomic E-state index is 12.5. The molecule has 4 rings (SSSR count). The Kier molecular flexibility index (Phi) is 4.27. The summed E-state index contributed by atoms with van der Waals surface area (Å²) in [6.07, 6.45) is 0.640. The first kappa shape index (κ1) is 17.1. The van der Waals surface area contributed by atoms with Gasteiger partial charge in [-0.3, -0.25) is 14.2 Å². The monoisotopic (exact) mass is 365 g/mol. The van der Waals surface area contributed by atoms with Crippen LogP contribution < -0.4 is 21.3 Å². The molecule has 1 amide bonds. The Bertz CT molecular complexity index is 1120. The number of carbonyl (C=O) groups excluding carboxylic acids is 1. The lowest BCUT2D eigenvalue weighted by Gasteiger charge is -2.12. The summed E-state index contributed by atoms with van der Waals surface area (Å²) < 4.78 is 6.94. The van der Waals surface area contributed by atoms with Crippen molar-refractivity contribution in [3.05, 3.63) is 74.4 Å². The van der Waals surface area contributed by atoms with Gasteiger partial charge >= 0.3 is 5.69 Å². The van der Waals surface area contributed by atoms with Gasteiger partial charge in [0.05, 0.1) is 17.4 Å². The Balaban J connectivity index is 1.50. The van der Waals surface area contributed by atoms with Gasteiger partial charge in [0, 0.05) is 18.5 Å². The van der Waals surface area contributed by atoms with Crippen LogP contribution in [0.1, 0.15) is 22.8 Å². The summed E-state index contributed by atoms with van der Waals surface area (Å²) in [6.45, 7) is 2.39. The molecule has 0 aliphatic carbocycles. The Morgan fingerprint density at radius 3 is 2.85 bits per heavy atom. The number of H-pyrrole nitrogens is 1. The molecular formula is C20H19N3O4.